The number of allylic oxidation sites excluding steroid dienone is 2. The van der Waals surface area contributed by atoms with E-state index in [4.69, 9.17) is 11.1 Å². The SMILES string of the molecule is N=C(N)c1cccc(CC(CO)C(Cc2ccccc2)NC(=O)c2ccc(C3=CC=C([N+](=O)[O-])CC3[N+](=O)[O-])cc2)c1. The van der Waals surface area contributed by atoms with Gasteiger partial charge in [-0.25, -0.2) is 0 Å². The molecule has 0 heterocycles. The largest absolute Gasteiger partial charge is 0.396 e. The Morgan fingerprint density at radius 2 is 1.64 bits per heavy atom. The number of hydrogen-bond acceptors (Lipinski definition) is 7. The van der Waals surface area contributed by atoms with Gasteiger partial charge < -0.3 is 16.2 Å². The number of hydrogen-bond donors (Lipinski definition) is 4. The van der Waals surface area contributed by atoms with Gasteiger partial charge in [-0.3, -0.25) is 30.4 Å². The summed E-state index contributed by atoms with van der Waals surface area (Å²) in [5, 5.41) is 43.9. The van der Waals surface area contributed by atoms with E-state index in [0.29, 0.717) is 35.1 Å². The van der Waals surface area contributed by atoms with Gasteiger partial charge in [0.25, 0.3) is 11.6 Å². The minimum atomic E-state index is -1.27. The smallest absolute Gasteiger partial charge is 0.253 e. The second kappa shape index (κ2) is 13.5. The summed E-state index contributed by atoms with van der Waals surface area (Å²) in [7, 11) is 0. The number of nitrogens with zero attached hydrogens (tertiary/aromatic N) is 2. The molecule has 216 valence electrons. The molecule has 5 N–H and O–H groups in total. The van der Waals surface area contributed by atoms with E-state index < -0.39 is 21.9 Å². The van der Waals surface area contributed by atoms with Crippen LogP contribution in [0.2, 0.25) is 0 Å². The van der Waals surface area contributed by atoms with Crippen LogP contribution >= 0.6 is 0 Å². The van der Waals surface area contributed by atoms with Crippen molar-refractivity contribution >= 4 is 17.3 Å². The molecule has 0 aromatic heterocycles. The van der Waals surface area contributed by atoms with E-state index >= 15 is 0 Å². The average Bonchev–Trinajstić information content (AvgIpc) is 3.00. The summed E-state index contributed by atoms with van der Waals surface area (Å²) in [5.41, 5.74) is 8.98. The van der Waals surface area contributed by atoms with Gasteiger partial charge in [-0.05, 0) is 53.8 Å². The monoisotopic (exact) mass is 569 g/mol. The van der Waals surface area contributed by atoms with Crippen LogP contribution in [0, 0.1) is 31.6 Å². The van der Waals surface area contributed by atoms with E-state index in [-0.39, 0.29) is 36.4 Å². The van der Waals surface area contributed by atoms with Crippen molar-refractivity contribution in [3.05, 3.63) is 145 Å². The fourth-order valence-electron chi connectivity index (χ4n) is 5.06. The van der Waals surface area contributed by atoms with Gasteiger partial charge in [-0.2, -0.15) is 0 Å². The first-order valence-corrected chi connectivity index (χ1v) is 13.3. The fraction of sp³-hybridized carbons (Fsp3) is 0.226. The number of rotatable bonds is 12. The van der Waals surface area contributed by atoms with Gasteiger partial charge in [0.1, 0.15) is 12.3 Å². The first kappa shape index (κ1) is 29.8. The lowest BCUT2D eigenvalue weighted by Gasteiger charge is -2.27. The Morgan fingerprint density at radius 3 is 2.26 bits per heavy atom. The predicted octanol–water partition coefficient (Wildman–Crippen LogP) is 3.76. The molecule has 11 heteroatoms. The zero-order chi connectivity index (χ0) is 30.2. The van der Waals surface area contributed by atoms with E-state index in [9.17, 15) is 30.1 Å². The number of nitrogen functional groups attached to an aromatic ring is 1. The van der Waals surface area contributed by atoms with Gasteiger partial charge in [0.05, 0.1) is 4.92 Å². The minimum absolute atomic E-state index is 0.0576. The Balaban J connectivity index is 1.56. The van der Waals surface area contributed by atoms with Crippen molar-refractivity contribution in [2.75, 3.05) is 6.61 Å². The van der Waals surface area contributed by atoms with Crippen LogP contribution in [0.15, 0.2) is 96.7 Å². The molecule has 3 aromatic carbocycles. The third-order valence-electron chi connectivity index (χ3n) is 7.34. The highest BCUT2D eigenvalue weighted by Crippen LogP contribution is 2.30. The van der Waals surface area contributed by atoms with E-state index in [1.807, 2.05) is 36.4 Å². The van der Waals surface area contributed by atoms with Gasteiger partial charge in [0.2, 0.25) is 6.04 Å². The Labute approximate surface area is 242 Å². The number of aliphatic hydroxyl groups excluding tert-OH is 1. The maximum absolute atomic E-state index is 13.4. The summed E-state index contributed by atoms with van der Waals surface area (Å²) in [5.74, 6) is -0.790. The number of nitrogens with one attached hydrogen (secondary N) is 2. The lowest BCUT2D eigenvalue weighted by molar-refractivity contribution is -0.514. The summed E-state index contributed by atoms with van der Waals surface area (Å²) in [6.45, 7) is -0.197. The average molecular weight is 570 g/mol. The minimum Gasteiger partial charge on any atom is -0.396 e. The number of aliphatic hydroxyl groups is 1. The first-order chi connectivity index (χ1) is 20.2. The molecule has 0 saturated heterocycles. The topological polar surface area (TPSA) is 185 Å². The van der Waals surface area contributed by atoms with Crippen molar-refractivity contribution in [2.45, 2.75) is 31.3 Å². The molecule has 42 heavy (non-hydrogen) atoms. The lowest BCUT2D eigenvalue weighted by Crippen LogP contribution is -2.44. The zero-order valence-electron chi connectivity index (χ0n) is 22.7. The Bertz CT molecular complexity index is 1530. The number of amidine groups is 1. The number of carbonyl (C=O) groups is 1. The molecular weight excluding hydrogens is 538 g/mol. The Morgan fingerprint density at radius 1 is 0.952 bits per heavy atom. The van der Waals surface area contributed by atoms with E-state index in [2.05, 4.69) is 5.32 Å². The first-order valence-electron chi connectivity index (χ1n) is 13.3. The molecule has 1 aliphatic carbocycles. The molecule has 0 bridgehead atoms. The number of amides is 1. The second-order valence-corrected chi connectivity index (χ2v) is 10.2. The number of nitrogens with two attached hydrogens (primary N) is 1. The Hall–Kier alpha value is -5.16. The van der Waals surface area contributed by atoms with Crippen molar-refractivity contribution in [1.29, 1.82) is 5.41 Å². The van der Waals surface area contributed by atoms with Gasteiger partial charge >= 0.3 is 0 Å². The van der Waals surface area contributed by atoms with Crippen LogP contribution in [0.25, 0.3) is 5.57 Å². The summed E-state index contributed by atoms with van der Waals surface area (Å²) >= 11 is 0. The summed E-state index contributed by atoms with van der Waals surface area (Å²) in [6, 6.07) is 21.4. The van der Waals surface area contributed by atoms with Crippen LogP contribution in [-0.2, 0) is 12.8 Å². The molecule has 1 amide bonds. The fourth-order valence-corrected chi connectivity index (χ4v) is 5.06. The predicted molar refractivity (Wildman–Crippen MR) is 158 cm³/mol. The molecule has 0 saturated carbocycles. The third-order valence-corrected chi connectivity index (χ3v) is 7.34. The lowest BCUT2D eigenvalue weighted by atomic mass is 9.88. The van der Waals surface area contributed by atoms with Crippen molar-refractivity contribution < 1.29 is 19.7 Å². The molecular formula is C31H31N5O6. The molecule has 0 radical (unpaired) electrons. The van der Waals surface area contributed by atoms with Crippen LogP contribution in [0.1, 0.15) is 39.0 Å². The molecule has 0 fully saturated rings. The molecule has 3 unspecified atom stereocenters. The number of benzene rings is 3. The van der Waals surface area contributed by atoms with Gasteiger partial charge in [0, 0.05) is 46.3 Å². The van der Waals surface area contributed by atoms with Gasteiger partial charge in [0.15, 0.2) is 0 Å². The Kier molecular flexibility index (Phi) is 9.56. The normalized spacial score (nSPS) is 16.0. The number of carbonyl (C=O) groups excluding carboxylic acids is 1. The van der Waals surface area contributed by atoms with Crippen molar-refractivity contribution in [1.82, 2.24) is 5.32 Å². The highest BCUT2D eigenvalue weighted by Gasteiger charge is 2.34. The maximum Gasteiger partial charge on any atom is 0.253 e. The van der Waals surface area contributed by atoms with Gasteiger partial charge in [-0.1, -0.05) is 60.7 Å². The van der Waals surface area contributed by atoms with Crippen LogP contribution in [0.5, 0.6) is 0 Å². The second-order valence-electron chi connectivity index (χ2n) is 10.2. The summed E-state index contributed by atoms with van der Waals surface area (Å²) < 4.78 is 0. The van der Waals surface area contributed by atoms with E-state index in [1.165, 1.54) is 12.2 Å². The molecule has 0 aliphatic heterocycles. The van der Waals surface area contributed by atoms with Crippen LogP contribution in [0.3, 0.4) is 0 Å². The highest BCUT2D eigenvalue weighted by atomic mass is 16.6. The number of nitro groups is 2. The summed E-state index contributed by atoms with van der Waals surface area (Å²) in [6.07, 6.45) is 3.22. The summed E-state index contributed by atoms with van der Waals surface area (Å²) in [4.78, 5) is 35.0. The van der Waals surface area contributed by atoms with Crippen LogP contribution < -0.4 is 11.1 Å². The van der Waals surface area contributed by atoms with Crippen molar-refractivity contribution in [3.63, 3.8) is 0 Å². The maximum atomic E-state index is 13.4. The molecule has 0 spiro atoms. The van der Waals surface area contributed by atoms with Crippen molar-refractivity contribution in [2.24, 2.45) is 11.7 Å². The van der Waals surface area contributed by atoms with Gasteiger partial charge in [-0.15, -0.1) is 0 Å². The molecule has 3 atom stereocenters. The molecule has 1 aliphatic rings. The molecule has 11 nitrogen and oxygen atoms in total. The van der Waals surface area contributed by atoms with Crippen molar-refractivity contribution in [3.8, 4) is 0 Å². The van der Waals surface area contributed by atoms with Crippen LogP contribution in [0.4, 0.5) is 0 Å². The molecule has 4 rings (SSSR count). The highest BCUT2D eigenvalue weighted by molar-refractivity contribution is 5.95. The van der Waals surface area contributed by atoms with E-state index in [1.54, 1.807) is 42.5 Å². The standard InChI is InChI=1S/C31H31N5O6/c32-30(33)24-8-4-7-21(15-24)16-25(19-37)28(17-20-5-2-1-3-6-20)34-31(38)23-11-9-22(10-12-23)27-14-13-26(35(39)40)18-29(27)36(41)42/h1-15,25,28-29,37H,16-19H2,(H3,32,33)(H,34,38). The zero-order valence-corrected chi connectivity index (χ0v) is 22.7. The molecule has 3 aromatic rings. The quantitative estimate of drug-likeness (QED) is 0.111. The third kappa shape index (κ3) is 7.32. The van der Waals surface area contributed by atoms with E-state index in [0.717, 1.165) is 11.1 Å². The van der Waals surface area contributed by atoms with Crippen LogP contribution in [-0.4, -0.2) is 45.4 Å².